The molecule has 1 fully saturated rings. The summed E-state index contributed by atoms with van der Waals surface area (Å²) >= 11 is 0. The average molecular weight is 340 g/mol. The molecule has 0 atom stereocenters. The molecule has 0 radical (unpaired) electrons. The molecule has 0 saturated heterocycles. The summed E-state index contributed by atoms with van der Waals surface area (Å²) in [5.74, 6) is -0.117. The minimum absolute atomic E-state index is 0. The molecule has 1 aromatic carbocycles. The number of anilines is 1. The summed E-state index contributed by atoms with van der Waals surface area (Å²) in [6.45, 7) is 2.16. The number of hydrogen-bond donors (Lipinski definition) is 3. The fourth-order valence-electron chi connectivity index (χ4n) is 2.82. The SMILES string of the molecule is CNCC(=O)Nc1ccc(C(=O)NC2CCCCC2)cc1C.Cl. The zero-order chi connectivity index (χ0) is 15.9. The lowest BCUT2D eigenvalue weighted by molar-refractivity contribution is -0.115. The molecule has 1 saturated carbocycles. The predicted molar refractivity (Wildman–Crippen MR) is 95.3 cm³/mol. The molecule has 0 bridgehead atoms. The molecule has 2 rings (SSSR count). The van der Waals surface area contributed by atoms with E-state index in [0.29, 0.717) is 11.6 Å². The number of likely N-dealkylation sites (N-methyl/N-ethyl adjacent to an activating group) is 1. The Labute approximate surface area is 144 Å². The van der Waals surface area contributed by atoms with Crippen LogP contribution in [-0.4, -0.2) is 31.4 Å². The van der Waals surface area contributed by atoms with Crippen molar-refractivity contribution in [3.63, 3.8) is 0 Å². The molecule has 0 spiro atoms. The van der Waals surface area contributed by atoms with Gasteiger partial charge in [-0.05, 0) is 50.6 Å². The number of nitrogens with one attached hydrogen (secondary N) is 3. The van der Waals surface area contributed by atoms with E-state index in [-0.39, 0.29) is 30.8 Å². The molecule has 0 aromatic heterocycles. The van der Waals surface area contributed by atoms with Crippen molar-refractivity contribution in [3.05, 3.63) is 29.3 Å². The summed E-state index contributed by atoms with van der Waals surface area (Å²) in [6, 6.07) is 5.68. The molecule has 128 valence electrons. The van der Waals surface area contributed by atoms with Crippen LogP contribution in [0.1, 0.15) is 48.0 Å². The molecule has 0 heterocycles. The predicted octanol–water partition coefficient (Wildman–Crippen LogP) is 2.64. The largest absolute Gasteiger partial charge is 0.349 e. The number of rotatable bonds is 5. The smallest absolute Gasteiger partial charge is 0.251 e. The molecule has 0 aliphatic heterocycles. The Morgan fingerprint density at radius 2 is 1.87 bits per heavy atom. The topological polar surface area (TPSA) is 70.2 Å². The quantitative estimate of drug-likeness (QED) is 0.772. The standard InChI is InChI=1S/C17H25N3O2.ClH/c1-12-10-13(8-9-15(12)20-16(21)11-18-2)17(22)19-14-6-4-3-5-7-14;/h8-10,14,18H,3-7,11H2,1-2H3,(H,19,22)(H,20,21);1H. The van der Waals surface area contributed by atoms with E-state index in [2.05, 4.69) is 16.0 Å². The summed E-state index contributed by atoms with van der Waals surface area (Å²) < 4.78 is 0. The third-order valence-corrected chi connectivity index (χ3v) is 4.04. The average Bonchev–Trinajstić information content (AvgIpc) is 2.50. The number of hydrogen-bond acceptors (Lipinski definition) is 3. The highest BCUT2D eigenvalue weighted by Crippen LogP contribution is 2.19. The lowest BCUT2D eigenvalue weighted by Crippen LogP contribution is -2.36. The van der Waals surface area contributed by atoms with Crippen LogP contribution in [0.4, 0.5) is 5.69 Å². The second kappa shape index (κ2) is 9.53. The maximum Gasteiger partial charge on any atom is 0.251 e. The van der Waals surface area contributed by atoms with Gasteiger partial charge in [-0.1, -0.05) is 19.3 Å². The van der Waals surface area contributed by atoms with Gasteiger partial charge in [-0.3, -0.25) is 9.59 Å². The van der Waals surface area contributed by atoms with E-state index in [9.17, 15) is 9.59 Å². The molecule has 3 N–H and O–H groups in total. The fraction of sp³-hybridized carbons (Fsp3) is 0.529. The number of carbonyl (C=O) groups is 2. The highest BCUT2D eigenvalue weighted by Gasteiger charge is 2.17. The van der Waals surface area contributed by atoms with Crippen molar-refractivity contribution in [1.29, 1.82) is 0 Å². The first-order valence-electron chi connectivity index (χ1n) is 7.96. The molecule has 6 heteroatoms. The van der Waals surface area contributed by atoms with Gasteiger partial charge in [0.15, 0.2) is 0 Å². The molecule has 1 aliphatic carbocycles. The number of carbonyl (C=O) groups excluding carboxylic acids is 2. The maximum atomic E-state index is 12.3. The van der Waals surface area contributed by atoms with E-state index < -0.39 is 0 Å². The van der Waals surface area contributed by atoms with Crippen LogP contribution < -0.4 is 16.0 Å². The molecular formula is C17H26ClN3O2. The molecule has 0 unspecified atom stereocenters. The number of aryl methyl sites for hydroxylation is 1. The van der Waals surface area contributed by atoms with Crippen molar-refractivity contribution in [3.8, 4) is 0 Å². The third-order valence-electron chi connectivity index (χ3n) is 4.04. The van der Waals surface area contributed by atoms with E-state index in [1.807, 2.05) is 13.0 Å². The van der Waals surface area contributed by atoms with E-state index in [1.54, 1.807) is 19.2 Å². The van der Waals surface area contributed by atoms with Gasteiger partial charge in [0.05, 0.1) is 6.54 Å². The van der Waals surface area contributed by atoms with Gasteiger partial charge in [-0.15, -0.1) is 12.4 Å². The van der Waals surface area contributed by atoms with E-state index in [0.717, 1.165) is 24.1 Å². The van der Waals surface area contributed by atoms with Crippen LogP contribution in [-0.2, 0) is 4.79 Å². The summed E-state index contributed by atoms with van der Waals surface area (Å²) in [4.78, 5) is 23.9. The van der Waals surface area contributed by atoms with Gasteiger partial charge in [0.25, 0.3) is 5.91 Å². The lowest BCUT2D eigenvalue weighted by Gasteiger charge is -2.23. The van der Waals surface area contributed by atoms with Crippen LogP contribution in [0.2, 0.25) is 0 Å². The van der Waals surface area contributed by atoms with Gasteiger partial charge in [-0.2, -0.15) is 0 Å². The van der Waals surface area contributed by atoms with E-state index in [4.69, 9.17) is 0 Å². The monoisotopic (exact) mass is 339 g/mol. The number of halogens is 1. The van der Waals surface area contributed by atoms with Gasteiger partial charge >= 0.3 is 0 Å². The lowest BCUT2D eigenvalue weighted by atomic mass is 9.95. The Kier molecular flexibility index (Phi) is 8.06. The third kappa shape index (κ3) is 5.84. The molecular weight excluding hydrogens is 314 g/mol. The van der Waals surface area contributed by atoms with Crippen molar-refractivity contribution in [2.75, 3.05) is 18.9 Å². The molecule has 2 amide bonds. The minimum atomic E-state index is -0.0926. The van der Waals surface area contributed by atoms with Gasteiger partial charge in [0.2, 0.25) is 5.91 Å². The maximum absolute atomic E-state index is 12.3. The van der Waals surface area contributed by atoms with Crippen LogP contribution in [0.5, 0.6) is 0 Å². The Morgan fingerprint density at radius 1 is 1.17 bits per heavy atom. The van der Waals surface area contributed by atoms with Crippen molar-refractivity contribution >= 4 is 29.9 Å². The number of benzene rings is 1. The summed E-state index contributed by atoms with van der Waals surface area (Å²) in [5, 5.41) is 8.74. The van der Waals surface area contributed by atoms with E-state index in [1.165, 1.54) is 19.3 Å². The van der Waals surface area contributed by atoms with Crippen LogP contribution >= 0.6 is 12.4 Å². The minimum Gasteiger partial charge on any atom is -0.349 e. The van der Waals surface area contributed by atoms with Crippen LogP contribution in [0.15, 0.2) is 18.2 Å². The first kappa shape index (κ1) is 19.5. The van der Waals surface area contributed by atoms with Crippen LogP contribution in [0.25, 0.3) is 0 Å². The highest BCUT2D eigenvalue weighted by atomic mass is 35.5. The van der Waals surface area contributed by atoms with Gasteiger partial charge < -0.3 is 16.0 Å². The van der Waals surface area contributed by atoms with Crippen molar-refractivity contribution < 1.29 is 9.59 Å². The molecule has 23 heavy (non-hydrogen) atoms. The first-order valence-corrected chi connectivity index (χ1v) is 7.96. The van der Waals surface area contributed by atoms with Crippen LogP contribution in [0.3, 0.4) is 0 Å². The van der Waals surface area contributed by atoms with Gasteiger partial charge in [0, 0.05) is 17.3 Å². The van der Waals surface area contributed by atoms with Crippen molar-refractivity contribution in [1.82, 2.24) is 10.6 Å². The molecule has 5 nitrogen and oxygen atoms in total. The molecule has 1 aromatic rings. The zero-order valence-electron chi connectivity index (χ0n) is 13.8. The van der Waals surface area contributed by atoms with Crippen molar-refractivity contribution in [2.24, 2.45) is 0 Å². The van der Waals surface area contributed by atoms with Crippen molar-refractivity contribution in [2.45, 2.75) is 45.1 Å². The zero-order valence-corrected chi connectivity index (χ0v) is 14.6. The summed E-state index contributed by atoms with van der Waals surface area (Å²) in [5.41, 5.74) is 2.28. The Bertz CT molecular complexity index is 543. The normalized spacial score (nSPS) is 14.7. The highest BCUT2D eigenvalue weighted by molar-refractivity contribution is 5.97. The Balaban J connectivity index is 0.00000264. The molecule has 1 aliphatic rings. The Hall–Kier alpha value is -1.59. The Morgan fingerprint density at radius 3 is 2.48 bits per heavy atom. The first-order chi connectivity index (χ1) is 10.6. The summed E-state index contributed by atoms with van der Waals surface area (Å²) in [7, 11) is 1.73. The van der Waals surface area contributed by atoms with Crippen LogP contribution in [0, 0.1) is 6.92 Å². The van der Waals surface area contributed by atoms with Gasteiger partial charge in [0.1, 0.15) is 0 Å². The van der Waals surface area contributed by atoms with E-state index >= 15 is 0 Å². The summed E-state index contributed by atoms with van der Waals surface area (Å²) in [6.07, 6.45) is 5.80. The number of amides is 2. The fourth-order valence-corrected chi connectivity index (χ4v) is 2.82. The second-order valence-corrected chi connectivity index (χ2v) is 5.92. The van der Waals surface area contributed by atoms with Gasteiger partial charge in [-0.25, -0.2) is 0 Å². The second-order valence-electron chi connectivity index (χ2n) is 5.92.